The smallest absolute Gasteiger partial charge is 0.327 e. The van der Waals surface area contributed by atoms with Gasteiger partial charge in [0.1, 0.15) is 0 Å². The zero-order valence-electron chi connectivity index (χ0n) is 16.7. The van der Waals surface area contributed by atoms with Crippen molar-refractivity contribution in [1.82, 2.24) is 0 Å². The molecule has 0 aromatic rings. The predicted octanol–water partition coefficient (Wildman–Crippen LogP) is 1.73. The van der Waals surface area contributed by atoms with Crippen molar-refractivity contribution in [2.45, 2.75) is 32.1 Å². The summed E-state index contributed by atoms with van der Waals surface area (Å²) in [4.78, 5) is 49.8. The van der Waals surface area contributed by atoms with Crippen LogP contribution in [0.2, 0.25) is 0 Å². The minimum atomic E-state index is -1.58. The largest absolute Gasteiger partial charge is 0.468 e. The molecule has 1 atom stereocenters. The van der Waals surface area contributed by atoms with E-state index in [9.17, 15) is 19.2 Å². The van der Waals surface area contributed by atoms with Crippen molar-refractivity contribution in [1.29, 1.82) is 0 Å². The average molecular weight is 394 g/mol. The first-order chi connectivity index (χ1) is 13.3. The molecule has 0 spiro atoms. The molecule has 0 aromatic carbocycles. The summed E-state index contributed by atoms with van der Waals surface area (Å²) in [6.45, 7) is 3.99. The molecule has 2 aliphatic carbocycles. The molecular weight excluding hydrogens is 368 g/mol. The third kappa shape index (κ3) is 3.00. The number of hydrogen-bond donors (Lipinski definition) is 0. The summed E-state index contributed by atoms with van der Waals surface area (Å²) in [6.07, 6.45) is 3.50. The zero-order valence-corrected chi connectivity index (χ0v) is 16.7. The highest BCUT2D eigenvalue weighted by Gasteiger charge is 2.59. The number of allylic oxidation sites excluding steroid dienone is 1. The molecule has 0 amide bonds. The standard InChI is InChI=1S/C20H26O8/c1-12-13(8-10-19(12,15(21)25-2)16(22)26-3)11-14-7-6-9-20(14,17(23)27-4)18(24)28-5/h7,13H,1,6,8-11H2,2-5H3. The van der Waals surface area contributed by atoms with Crippen molar-refractivity contribution in [2.75, 3.05) is 28.4 Å². The van der Waals surface area contributed by atoms with Crippen LogP contribution in [0, 0.1) is 16.7 Å². The van der Waals surface area contributed by atoms with Gasteiger partial charge in [0.25, 0.3) is 0 Å². The maximum Gasteiger partial charge on any atom is 0.327 e. The Hall–Kier alpha value is -2.64. The second-order valence-corrected chi connectivity index (χ2v) is 7.01. The maximum absolute atomic E-state index is 12.5. The Bertz CT molecular complexity index is 700. The Labute approximate surface area is 163 Å². The number of carbonyl (C=O) groups excluding carboxylic acids is 4. The quantitative estimate of drug-likeness (QED) is 0.290. The second-order valence-electron chi connectivity index (χ2n) is 7.01. The van der Waals surface area contributed by atoms with Crippen LogP contribution in [0.4, 0.5) is 0 Å². The Balaban J connectivity index is 2.36. The van der Waals surface area contributed by atoms with Gasteiger partial charge in [-0.25, -0.2) is 0 Å². The topological polar surface area (TPSA) is 105 Å². The average Bonchev–Trinajstić information content (AvgIpc) is 3.28. The molecule has 0 radical (unpaired) electrons. The summed E-state index contributed by atoms with van der Waals surface area (Å²) in [5.74, 6) is -3.12. The molecule has 8 nitrogen and oxygen atoms in total. The molecule has 1 unspecified atom stereocenters. The van der Waals surface area contributed by atoms with Crippen molar-refractivity contribution in [3.63, 3.8) is 0 Å². The van der Waals surface area contributed by atoms with Crippen molar-refractivity contribution < 1.29 is 38.1 Å². The Morgan fingerprint density at radius 3 is 1.82 bits per heavy atom. The molecular formula is C20H26O8. The van der Waals surface area contributed by atoms with Crippen molar-refractivity contribution in [2.24, 2.45) is 16.7 Å². The van der Waals surface area contributed by atoms with E-state index in [1.165, 1.54) is 28.4 Å². The number of carbonyl (C=O) groups is 4. The van der Waals surface area contributed by atoms with Gasteiger partial charge < -0.3 is 18.9 Å². The summed E-state index contributed by atoms with van der Waals surface area (Å²) in [5.41, 5.74) is -2.16. The van der Waals surface area contributed by atoms with Crippen LogP contribution in [-0.2, 0) is 38.1 Å². The van der Waals surface area contributed by atoms with Crippen LogP contribution in [-0.4, -0.2) is 52.3 Å². The van der Waals surface area contributed by atoms with Crippen LogP contribution in [0.15, 0.2) is 23.8 Å². The Morgan fingerprint density at radius 1 is 0.893 bits per heavy atom. The fraction of sp³-hybridized carbons (Fsp3) is 0.600. The van der Waals surface area contributed by atoms with Gasteiger partial charge in [0.15, 0.2) is 10.8 Å². The van der Waals surface area contributed by atoms with Crippen molar-refractivity contribution in [3.05, 3.63) is 23.8 Å². The normalized spacial score (nSPS) is 22.2. The number of methoxy groups -OCH3 is 4. The minimum absolute atomic E-state index is 0.187. The van der Waals surface area contributed by atoms with Crippen LogP contribution in [0.25, 0.3) is 0 Å². The van der Waals surface area contributed by atoms with Gasteiger partial charge >= 0.3 is 23.9 Å². The van der Waals surface area contributed by atoms with E-state index in [1.807, 2.05) is 6.08 Å². The molecule has 8 heteroatoms. The molecule has 0 saturated heterocycles. The Kier molecular flexibility index (Phi) is 6.31. The van der Waals surface area contributed by atoms with Crippen LogP contribution < -0.4 is 0 Å². The molecule has 0 heterocycles. The molecule has 0 aromatic heterocycles. The SMILES string of the molecule is C=C1C(CC2=CCCC2(C(=O)OC)C(=O)OC)CCC1(C(=O)OC)C(=O)OC. The Morgan fingerprint density at radius 2 is 1.36 bits per heavy atom. The van der Waals surface area contributed by atoms with Gasteiger partial charge in [-0.15, -0.1) is 0 Å². The maximum atomic E-state index is 12.5. The second kappa shape index (κ2) is 8.16. The number of esters is 4. The highest BCUT2D eigenvalue weighted by Crippen LogP contribution is 2.53. The van der Waals surface area contributed by atoms with Crippen molar-refractivity contribution in [3.8, 4) is 0 Å². The first kappa shape index (κ1) is 21.7. The predicted molar refractivity (Wildman–Crippen MR) is 96.7 cm³/mol. The lowest BCUT2D eigenvalue weighted by molar-refractivity contribution is -0.167. The minimum Gasteiger partial charge on any atom is -0.468 e. The summed E-state index contributed by atoms with van der Waals surface area (Å²) in [7, 11) is 4.84. The molecule has 154 valence electrons. The lowest BCUT2D eigenvalue weighted by Gasteiger charge is -2.29. The summed E-state index contributed by atoms with van der Waals surface area (Å²) >= 11 is 0. The van der Waals surface area contributed by atoms with Crippen LogP contribution in [0.3, 0.4) is 0 Å². The van der Waals surface area contributed by atoms with E-state index in [0.29, 0.717) is 24.0 Å². The van der Waals surface area contributed by atoms with E-state index in [4.69, 9.17) is 18.9 Å². The van der Waals surface area contributed by atoms with Crippen LogP contribution in [0.5, 0.6) is 0 Å². The van der Waals surface area contributed by atoms with Gasteiger partial charge in [0.2, 0.25) is 0 Å². The van der Waals surface area contributed by atoms with E-state index in [-0.39, 0.29) is 25.2 Å². The van der Waals surface area contributed by atoms with Gasteiger partial charge in [0, 0.05) is 0 Å². The first-order valence-corrected chi connectivity index (χ1v) is 8.98. The lowest BCUT2D eigenvalue weighted by atomic mass is 9.75. The third-order valence-electron chi connectivity index (χ3n) is 5.97. The van der Waals surface area contributed by atoms with E-state index in [2.05, 4.69) is 6.58 Å². The van der Waals surface area contributed by atoms with E-state index < -0.39 is 34.7 Å². The summed E-state index contributed by atoms with van der Waals surface area (Å²) in [5, 5.41) is 0. The van der Waals surface area contributed by atoms with Gasteiger partial charge in [-0.05, 0) is 49.2 Å². The highest BCUT2D eigenvalue weighted by molar-refractivity contribution is 6.05. The van der Waals surface area contributed by atoms with Gasteiger partial charge in [-0.3, -0.25) is 19.2 Å². The molecule has 0 bridgehead atoms. The third-order valence-corrected chi connectivity index (χ3v) is 5.97. The van der Waals surface area contributed by atoms with E-state index in [1.54, 1.807) is 0 Å². The van der Waals surface area contributed by atoms with Crippen LogP contribution in [0.1, 0.15) is 32.1 Å². The summed E-state index contributed by atoms with van der Waals surface area (Å²) in [6, 6.07) is 0. The summed E-state index contributed by atoms with van der Waals surface area (Å²) < 4.78 is 19.4. The molecule has 1 fully saturated rings. The van der Waals surface area contributed by atoms with Crippen molar-refractivity contribution >= 4 is 23.9 Å². The molecule has 1 saturated carbocycles. The zero-order chi connectivity index (χ0) is 21.1. The number of ether oxygens (including phenoxy) is 4. The first-order valence-electron chi connectivity index (χ1n) is 8.98. The van der Waals surface area contributed by atoms with E-state index in [0.717, 1.165) is 0 Å². The van der Waals surface area contributed by atoms with E-state index >= 15 is 0 Å². The van der Waals surface area contributed by atoms with Crippen LogP contribution >= 0.6 is 0 Å². The fourth-order valence-electron chi connectivity index (χ4n) is 4.42. The fourth-order valence-corrected chi connectivity index (χ4v) is 4.42. The monoisotopic (exact) mass is 394 g/mol. The molecule has 0 N–H and O–H groups in total. The lowest BCUT2D eigenvalue weighted by Crippen LogP contribution is -2.42. The molecule has 2 rings (SSSR count). The molecule has 2 aliphatic rings. The number of rotatable bonds is 6. The number of hydrogen-bond acceptors (Lipinski definition) is 8. The van der Waals surface area contributed by atoms with Gasteiger partial charge in [-0.1, -0.05) is 12.7 Å². The highest BCUT2D eigenvalue weighted by atomic mass is 16.6. The molecule has 0 aliphatic heterocycles. The van der Waals surface area contributed by atoms with Gasteiger partial charge in [0.05, 0.1) is 28.4 Å². The van der Waals surface area contributed by atoms with Gasteiger partial charge in [-0.2, -0.15) is 0 Å². The molecule has 28 heavy (non-hydrogen) atoms.